The first-order chi connectivity index (χ1) is 5.79. The molecule has 12 heavy (non-hydrogen) atoms. The normalized spacial score (nSPS) is 17.0. The van der Waals surface area contributed by atoms with E-state index in [9.17, 15) is 9.59 Å². The van der Waals surface area contributed by atoms with E-state index in [0.29, 0.717) is 5.56 Å². The minimum atomic E-state index is -0.675. The fourth-order valence-corrected chi connectivity index (χ4v) is 1.17. The number of rotatable bonds is 1. The molecule has 0 radical (unpaired) electrons. The molecule has 1 aromatic rings. The summed E-state index contributed by atoms with van der Waals surface area (Å²) in [4.78, 5) is 21.6. The molecular weight excluding hydrogens is 156 g/mol. The summed E-state index contributed by atoms with van der Waals surface area (Å²) in [5, 5.41) is 0. The number of hydrogen-bond acceptors (Lipinski definition) is 3. The van der Waals surface area contributed by atoms with Gasteiger partial charge >= 0.3 is 11.9 Å². The Hall–Kier alpha value is -1.64. The van der Waals surface area contributed by atoms with Gasteiger partial charge in [0.2, 0.25) is 0 Å². The van der Waals surface area contributed by atoms with Gasteiger partial charge in [0.05, 0.1) is 0 Å². The van der Waals surface area contributed by atoms with Gasteiger partial charge in [-0.05, 0) is 5.56 Å². The highest BCUT2D eigenvalue weighted by Crippen LogP contribution is 2.26. The van der Waals surface area contributed by atoms with Crippen LogP contribution in [-0.4, -0.2) is 11.9 Å². The van der Waals surface area contributed by atoms with Crippen molar-refractivity contribution in [2.24, 2.45) is 0 Å². The van der Waals surface area contributed by atoms with Crippen LogP contribution in [0.1, 0.15) is 11.5 Å². The Kier molecular flexibility index (Phi) is 1.43. The molecule has 0 bridgehead atoms. The molecule has 1 aromatic carbocycles. The van der Waals surface area contributed by atoms with Crippen molar-refractivity contribution in [2.75, 3.05) is 0 Å². The van der Waals surface area contributed by atoms with Gasteiger partial charge in [-0.2, -0.15) is 0 Å². The third-order valence-corrected chi connectivity index (χ3v) is 1.81. The zero-order chi connectivity index (χ0) is 8.55. The molecule has 0 spiro atoms. The standard InChI is InChI=1S/C9H6O3/c10-8-7(9(11)12-8)6-4-2-1-3-5-6/h1-5,7H. The summed E-state index contributed by atoms with van der Waals surface area (Å²) in [6, 6.07) is 8.88. The molecule has 1 saturated heterocycles. The van der Waals surface area contributed by atoms with E-state index in [4.69, 9.17) is 0 Å². The molecule has 0 atom stereocenters. The molecule has 0 saturated carbocycles. The van der Waals surface area contributed by atoms with Gasteiger partial charge in [0, 0.05) is 0 Å². The van der Waals surface area contributed by atoms with Crippen molar-refractivity contribution in [1.82, 2.24) is 0 Å². The van der Waals surface area contributed by atoms with Crippen LogP contribution in [-0.2, 0) is 14.3 Å². The molecule has 0 aromatic heterocycles. The first-order valence-corrected chi connectivity index (χ1v) is 3.59. The highest BCUT2D eigenvalue weighted by atomic mass is 16.6. The lowest BCUT2D eigenvalue weighted by molar-refractivity contribution is -0.178. The van der Waals surface area contributed by atoms with Crippen LogP contribution in [0.5, 0.6) is 0 Å². The summed E-state index contributed by atoms with van der Waals surface area (Å²) in [5.74, 6) is -1.58. The number of carbonyl (C=O) groups is 2. The topological polar surface area (TPSA) is 43.4 Å². The van der Waals surface area contributed by atoms with Crippen LogP contribution in [0.15, 0.2) is 30.3 Å². The maximum Gasteiger partial charge on any atom is 0.332 e. The van der Waals surface area contributed by atoms with Crippen molar-refractivity contribution < 1.29 is 14.3 Å². The van der Waals surface area contributed by atoms with Gasteiger partial charge in [-0.25, -0.2) is 0 Å². The summed E-state index contributed by atoms with van der Waals surface area (Å²) in [6.45, 7) is 0. The number of hydrogen-bond donors (Lipinski definition) is 0. The zero-order valence-corrected chi connectivity index (χ0v) is 6.19. The molecule has 3 nitrogen and oxygen atoms in total. The van der Waals surface area contributed by atoms with Crippen molar-refractivity contribution in [3.05, 3.63) is 35.9 Å². The minimum absolute atomic E-state index is 0.453. The van der Waals surface area contributed by atoms with Crippen LogP contribution in [0.2, 0.25) is 0 Å². The fourth-order valence-electron chi connectivity index (χ4n) is 1.17. The van der Waals surface area contributed by atoms with Crippen LogP contribution < -0.4 is 0 Å². The molecule has 0 unspecified atom stereocenters. The average Bonchev–Trinajstić information content (AvgIpc) is 2.05. The van der Waals surface area contributed by atoms with E-state index < -0.39 is 17.9 Å². The summed E-state index contributed by atoms with van der Waals surface area (Å²) < 4.78 is 4.23. The molecule has 1 fully saturated rings. The summed E-state index contributed by atoms with van der Waals surface area (Å²) in [7, 11) is 0. The lowest BCUT2D eigenvalue weighted by Gasteiger charge is -2.21. The number of benzene rings is 1. The second kappa shape index (κ2) is 2.44. The fraction of sp³-hybridized carbons (Fsp3) is 0.111. The van der Waals surface area contributed by atoms with Crippen molar-refractivity contribution in [3.63, 3.8) is 0 Å². The molecule has 0 amide bonds. The molecule has 1 aliphatic heterocycles. The quantitative estimate of drug-likeness (QED) is 0.454. The van der Waals surface area contributed by atoms with E-state index in [0.717, 1.165) is 0 Å². The largest absolute Gasteiger partial charge is 0.391 e. The number of esters is 2. The average molecular weight is 162 g/mol. The Balaban J connectivity index is 2.32. The van der Waals surface area contributed by atoms with Gasteiger partial charge in [0.1, 0.15) is 0 Å². The number of cyclic esters (lactones) is 2. The van der Waals surface area contributed by atoms with E-state index in [1.165, 1.54) is 0 Å². The summed E-state index contributed by atoms with van der Waals surface area (Å²) in [6.07, 6.45) is 0. The van der Waals surface area contributed by atoms with Gasteiger partial charge in [-0.3, -0.25) is 9.59 Å². The Morgan fingerprint density at radius 1 is 1.00 bits per heavy atom. The van der Waals surface area contributed by atoms with Gasteiger partial charge in [-0.1, -0.05) is 30.3 Å². The first kappa shape index (κ1) is 7.03. The van der Waals surface area contributed by atoms with Crippen molar-refractivity contribution >= 4 is 11.9 Å². The highest BCUT2D eigenvalue weighted by Gasteiger charge is 2.42. The Morgan fingerprint density at radius 3 is 2.08 bits per heavy atom. The Morgan fingerprint density at radius 2 is 1.58 bits per heavy atom. The SMILES string of the molecule is O=C1OC(=O)C1c1ccccc1. The zero-order valence-electron chi connectivity index (χ0n) is 6.19. The molecule has 60 valence electrons. The maximum atomic E-state index is 10.8. The third-order valence-electron chi connectivity index (χ3n) is 1.81. The Bertz CT molecular complexity index is 315. The minimum Gasteiger partial charge on any atom is -0.391 e. The van der Waals surface area contributed by atoms with Gasteiger partial charge in [0.25, 0.3) is 0 Å². The van der Waals surface area contributed by atoms with E-state index in [-0.39, 0.29) is 0 Å². The van der Waals surface area contributed by atoms with Gasteiger partial charge in [0.15, 0.2) is 5.92 Å². The second-order valence-electron chi connectivity index (χ2n) is 2.58. The number of ether oxygens (including phenoxy) is 1. The second-order valence-corrected chi connectivity index (χ2v) is 2.58. The lowest BCUT2D eigenvalue weighted by atomic mass is 9.96. The molecule has 2 rings (SSSR count). The molecular formula is C9H6O3. The monoisotopic (exact) mass is 162 g/mol. The van der Waals surface area contributed by atoms with Crippen LogP contribution in [0.4, 0.5) is 0 Å². The van der Waals surface area contributed by atoms with E-state index in [1.54, 1.807) is 24.3 Å². The van der Waals surface area contributed by atoms with Crippen molar-refractivity contribution in [1.29, 1.82) is 0 Å². The lowest BCUT2D eigenvalue weighted by Crippen LogP contribution is -2.38. The van der Waals surface area contributed by atoms with E-state index >= 15 is 0 Å². The third kappa shape index (κ3) is 0.906. The van der Waals surface area contributed by atoms with Crippen molar-refractivity contribution in [2.45, 2.75) is 5.92 Å². The van der Waals surface area contributed by atoms with Crippen LogP contribution >= 0.6 is 0 Å². The molecule has 3 heteroatoms. The smallest absolute Gasteiger partial charge is 0.332 e. The van der Waals surface area contributed by atoms with Crippen molar-refractivity contribution in [3.8, 4) is 0 Å². The molecule has 0 N–H and O–H groups in total. The maximum absolute atomic E-state index is 10.8. The summed E-state index contributed by atoms with van der Waals surface area (Å²) >= 11 is 0. The molecule has 0 aliphatic carbocycles. The first-order valence-electron chi connectivity index (χ1n) is 3.59. The van der Waals surface area contributed by atoms with E-state index in [2.05, 4.69) is 4.74 Å². The Labute approximate surface area is 69.0 Å². The summed E-state index contributed by atoms with van der Waals surface area (Å²) in [5.41, 5.74) is 0.707. The van der Waals surface area contributed by atoms with E-state index in [1.807, 2.05) is 6.07 Å². The van der Waals surface area contributed by atoms with Crippen LogP contribution in [0.25, 0.3) is 0 Å². The highest BCUT2D eigenvalue weighted by molar-refractivity contribution is 6.14. The van der Waals surface area contributed by atoms with Gasteiger partial charge in [-0.15, -0.1) is 0 Å². The number of carbonyl (C=O) groups excluding carboxylic acids is 2. The predicted molar refractivity (Wildman–Crippen MR) is 40.3 cm³/mol. The predicted octanol–water partition coefficient (Wildman–Crippen LogP) is 0.854. The molecule has 1 heterocycles. The van der Waals surface area contributed by atoms with Gasteiger partial charge < -0.3 is 4.74 Å². The van der Waals surface area contributed by atoms with Crippen LogP contribution in [0, 0.1) is 0 Å². The molecule has 1 aliphatic rings. The van der Waals surface area contributed by atoms with Crippen LogP contribution in [0.3, 0.4) is 0 Å².